The van der Waals surface area contributed by atoms with Gasteiger partial charge in [0.15, 0.2) is 5.82 Å². The monoisotopic (exact) mass is 265 g/mol. The highest BCUT2D eigenvalue weighted by molar-refractivity contribution is 7.80. The predicted octanol–water partition coefficient (Wildman–Crippen LogP) is 2.41. The predicted molar refractivity (Wildman–Crippen MR) is 73.3 cm³/mol. The maximum Gasteiger partial charge on any atom is 0.167 e. The van der Waals surface area contributed by atoms with Crippen LogP contribution in [0.2, 0.25) is 5.02 Å². The smallest absolute Gasteiger partial charge is 0.167 e. The topological polar surface area (TPSA) is 43.8 Å². The van der Waals surface area contributed by atoms with E-state index in [9.17, 15) is 0 Å². The van der Waals surface area contributed by atoms with Crippen molar-refractivity contribution < 1.29 is 0 Å². The van der Waals surface area contributed by atoms with Crippen LogP contribution in [-0.2, 0) is 13.0 Å². The van der Waals surface area contributed by atoms with Crippen LogP contribution in [0.15, 0.2) is 36.7 Å². The molecule has 2 N–H and O–H groups in total. The fourth-order valence-electron chi connectivity index (χ4n) is 1.66. The van der Waals surface area contributed by atoms with E-state index in [4.69, 9.17) is 29.6 Å². The molecule has 0 aliphatic rings. The maximum atomic E-state index is 6.09. The van der Waals surface area contributed by atoms with Gasteiger partial charge in [-0.25, -0.2) is 4.98 Å². The number of hydrogen-bond acceptors (Lipinski definition) is 2. The largest absolute Gasteiger partial charge is 0.387 e. The standard InChI is InChI=1S/C12H12ClN3S/c13-10-4-2-1-3-9(10)5-7-16-8-6-15-12(16)11(14)17/h1-4,6,8H,5,7H2,(H2,14,17). The summed E-state index contributed by atoms with van der Waals surface area (Å²) in [6.45, 7) is 0.760. The molecule has 88 valence electrons. The summed E-state index contributed by atoms with van der Waals surface area (Å²) in [6, 6.07) is 7.80. The van der Waals surface area contributed by atoms with Crippen LogP contribution in [0.1, 0.15) is 11.4 Å². The number of rotatable bonds is 4. The molecule has 0 aliphatic heterocycles. The van der Waals surface area contributed by atoms with Crippen molar-refractivity contribution in [3.8, 4) is 0 Å². The number of hydrogen-bond donors (Lipinski definition) is 1. The zero-order valence-electron chi connectivity index (χ0n) is 9.14. The van der Waals surface area contributed by atoms with Crippen molar-refractivity contribution in [1.82, 2.24) is 9.55 Å². The van der Waals surface area contributed by atoms with E-state index in [2.05, 4.69) is 4.98 Å². The molecule has 2 rings (SSSR count). The lowest BCUT2D eigenvalue weighted by Gasteiger charge is -2.07. The zero-order chi connectivity index (χ0) is 12.3. The zero-order valence-corrected chi connectivity index (χ0v) is 10.7. The van der Waals surface area contributed by atoms with E-state index >= 15 is 0 Å². The summed E-state index contributed by atoms with van der Waals surface area (Å²) in [4.78, 5) is 4.43. The van der Waals surface area contributed by atoms with E-state index in [1.54, 1.807) is 6.20 Å². The molecule has 0 unspecified atom stereocenters. The molecule has 1 aromatic heterocycles. The van der Waals surface area contributed by atoms with Crippen LogP contribution in [-0.4, -0.2) is 14.5 Å². The van der Waals surface area contributed by atoms with Gasteiger partial charge < -0.3 is 10.3 Å². The van der Waals surface area contributed by atoms with Crippen molar-refractivity contribution in [1.29, 1.82) is 0 Å². The second-order valence-corrected chi connectivity index (χ2v) is 4.50. The molecule has 0 bridgehead atoms. The number of aromatic nitrogens is 2. The van der Waals surface area contributed by atoms with Crippen molar-refractivity contribution in [2.24, 2.45) is 5.73 Å². The van der Waals surface area contributed by atoms with E-state index in [0.717, 1.165) is 23.6 Å². The number of nitrogens with two attached hydrogens (primary N) is 1. The van der Waals surface area contributed by atoms with Crippen molar-refractivity contribution in [3.63, 3.8) is 0 Å². The normalized spacial score (nSPS) is 10.4. The molecule has 0 saturated carbocycles. The molecule has 3 nitrogen and oxygen atoms in total. The van der Waals surface area contributed by atoms with Gasteiger partial charge in [-0.05, 0) is 18.1 Å². The Morgan fingerprint density at radius 3 is 2.88 bits per heavy atom. The maximum absolute atomic E-state index is 6.09. The Kier molecular flexibility index (Phi) is 3.76. The van der Waals surface area contributed by atoms with Gasteiger partial charge in [0.05, 0.1) is 0 Å². The van der Waals surface area contributed by atoms with Crippen LogP contribution < -0.4 is 5.73 Å². The minimum atomic E-state index is 0.314. The average Bonchev–Trinajstić information content (AvgIpc) is 2.76. The molecule has 0 radical (unpaired) electrons. The Morgan fingerprint density at radius 1 is 1.41 bits per heavy atom. The van der Waals surface area contributed by atoms with Crippen LogP contribution in [0.3, 0.4) is 0 Å². The Balaban J connectivity index is 2.10. The van der Waals surface area contributed by atoms with Crippen LogP contribution in [0.5, 0.6) is 0 Å². The van der Waals surface area contributed by atoms with Crippen LogP contribution in [0, 0.1) is 0 Å². The third-order valence-electron chi connectivity index (χ3n) is 2.52. The first-order chi connectivity index (χ1) is 8.18. The van der Waals surface area contributed by atoms with Gasteiger partial charge in [-0.3, -0.25) is 0 Å². The van der Waals surface area contributed by atoms with Crippen LogP contribution >= 0.6 is 23.8 Å². The molecule has 0 atom stereocenters. The van der Waals surface area contributed by atoms with Gasteiger partial charge in [-0.2, -0.15) is 0 Å². The van der Waals surface area contributed by atoms with Crippen molar-refractivity contribution in [3.05, 3.63) is 53.1 Å². The summed E-state index contributed by atoms with van der Waals surface area (Å²) in [5, 5.41) is 0.782. The lowest BCUT2D eigenvalue weighted by Crippen LogP contribution is -2.17. The van der Waals surface area contributed by atoms with Crippen molar-refractivity contribution in [2.45, 2.75) is 13.0 Å². The summed E-state index contributed by atoms with van der Waals surface area (Å²) in [5.41, 5.74) is 6.69. The fraction of sp³-hybridized carbons (Fsp3) is 0.167. The van der Waals surface area contributed by atoms with E-state index < -0.39 is 0 Å². The second kappa shape index (κ2) is 5.29. The SMILES string of the molecule is NC(=S)c1nccn1CCc1ccccc1Cl. The highest BCUT2D eigenvalue weighted by Crippen LogP contribution is 2.16. The Bertz CT molecular complexity index is 536. The molecule has 0 amide bonds. The van der Waals surface area contributed by atoms with Gasteiger partial charge in [-0.1, -0.05) is 42.0 Å². The molecule has 5 heteroatoms. The molecule has 2 aromatic rings. The van der Waals surface area contributed by atoms with Crippen molar-refractivity contribution >= 4 is 28.8 Å². The summed E-state index contributed by atoms with van der Waals surface area (Å²) >= 11 is 11.0. The van der Waals surface area contributed by atoms with Gasteiger partial charge in [-0.15, -0.1) is 0 Å². The molecule has 0 spiro atoms. The molecular formula is C12H12ClN3S. The van der Waals surface area contributed by atoms with Crippen molar-refractivity contribution in [2.75, 3.05) is 0 Å². The molecule has 17 heavy (non-hydrogen) atoms. The second-order valence-electron chi connectivity index (χ2n) is 3.65. The number of thiocarbonyl (C=S) groups is 1. The van der Waals surface area contributed by atoms with Gasteiger partial charge >= 0.3 is 0 Å². The van der Waals surface area contributed by atoms with Crippen LogP contribution in [0.25, 0.3) is 0 Å². The van der Waals surface area contributed by atoms with E-state index in [1.807, 2.05) is 35.0 Å². The fourth-order valence-corrected chi connectivity index (χ4v) is 2.06. The molecule has 0 saturated heterocycles. The Hall–Kier alpha value is -1.39. The number of benzene rings is 1. The van der Waals surface area contributed by atoms with E-state index in [-0.39, 0.29) is 0 Å². The quantitative estimate of drug-likeness (QED) is 0.864. The number of nitrogens with zero attached hydrogens (tertiary/aromatic N) is 2. The highest BCUT2D eigenvalue weighted by Gasteiger charge is 2.06. The minimum Gasteiger partial charge on any atom is -0.387 e. The van der Waals surface area contributed by atoms with Gasteiger partial charge in [0.2, 0.25) is 0 Å². The highest BCUT2D eigenvalue weighted by atomic mass is 35.5. The first-order valence-corrected chi connectivity index (χ1v) is 6.01. The Labute approximate surface area is 110 Å². The lowest BCUT2D eigenvalue weighted by molar-refractivity contribution is 0.690. The molecular weight excluding hydrogens is 254 g/mol. The number of aryl methyl sites for hydroxylation is 2. The molecule has 1 heterocycles. The average molecular weight is 266 g/mol. The molecule has 0 fully saturated rings. The van der Waals surface area contributed by atoms with E-state index in [0.29, 0.717) is 10.8 Å². The van der Waals surface area contributed by atoms with Gasteiger partial charge in [0.25, 0.3) is 0 Å². The number of imidazole rings is 1. The van der Waals surface area contributed by atoms with Gasteiger partial charge in [0, 0.05) is 24.0 Å². The van der Waals surface area contributed by atoms with Crippen LogP contribution in [0.4, 0.5) is 0 Å². The van der Waals surface area contributed by atoms with Gasteiger partial charge in [0.1, 0.15) is 4.99 Å². The number of halogens is 1. The lowest BCUT2D eigenvalue weighted by atomic mass is 10.1. The molecule has 1 aromatic carbocycles. The summed E-state index contributed by atoms with van der Waals surface area (Å²) < 4.78 is 1.94. The summed E-state index contributed by atoms with van der Waals surface area (Å²) in [5.74, 6) is 0.645. The first-order valence-electron chi connectivity index (χ1n) is 5.23. The third-order valence-corrected chi connectivity index (χ3v) is 3.07. The third kappa shape index (κ3) is 2.84. The summed E-state index contributed by atoms with van der Waals surface area (Å²) in [6.07, 6.45) is 4.39. The summed E-state index contributed by atoms with van der Waals surface area (Å²) in [7, 11) is 0. The van der Waals surface area contributed by atoms with E-state index in [1.165, 1.54) is 0 Å². The Morgan fingerprint density at radius 2 is 2.18 bits per heavy atom. The minimum absolute atomic E-state index is 0.314. The molecule has 0 aliphatic carbocycles. The first kappa shape index (κ1) is 12.1.